The van der Waals surface area contributed by atoms with E-state index in [0.29, 0.717) is 17.3 Å². The molecule has 0 unspecified atom stereocenters. The molecule has 0 aliphatic heterocycles. The van der Waals surface area contributed by atoms with Crippen LogP contribution < -0.4 is 10.1 Å². The maximum absolute atomic E-state index is 11.4. The molecule has 4 nitrogen and oxygen atoms in total. The van der Waals surface area contributed by atoms with E-state index in [9.17, 15) is 4.79 Å². The molecule has 5 heteroatoms. The first-order valence-electron chi connectivity index (χ1n) is 5.55. The third-order valence-electron chi connectivity index (χ3n) is 2.50. The predicted octanol–water partition coefficient (Wildman–Crippen LogP) is 2.58. The number of nitrogens with one attached hydrogen (secondary N) is 1. The van der Waals surface area contributed by atoms with Gasteiger partial charge in [-0.25, -0.2) is 0 Å². The van der Waals surface area contributed by atoms with Crippen LogP contribution in [0.2, 0.25) is 5.02 Å². The van der Waals surface area contributed by atoms with Crippen molar-refractivity contribution < 1.29 is 9.53 Å². The van der Waals surface area contributed by atoms with Crippen LogP contribution in [0.4, 0.5) is 0 Å². The molecule has 0 heterocycles. The van der Waals surface area contributed by atoms with Gasteiger partial charge in [0.2, 0.25) is 5.91 Å². The van der Waals surface area contributed by atoms with Gasteiger partial charge in [0.15, 0.2) is 0 Å². The fraction of sp³-hybridized carbons (Fsp3) is 0.385. The summed E-state index contributed by atoms with van der Waals surface area (Å²) < 4.78 is 5.23. The van der Waals surface area contributed by atoms with E-state index in [-0.39, 0.29) is 18.7 Å². The van der Waals surface area contributed by atoms with E-state index in [1.807, 2.05) is 19.1 Å². The lowest BCUT2D eigenvalue weighted by atomic mass is 10.1. The lowest BCUT2D eigenvalue weighted by Gasteiger charge is -2.11. The number of ether oxygens (including phenoxy) is 1. The van der Waals surface area contributed by atoms with Gasteiger partial charge in [0, 0.05) is 30.0 Å². The number of nitriles is 1. The van der Waals surface area contributed by atoms with Gasteiger partial charge in [-0.15, -0.1) is 0 Å². The minimum atomic E-state index is -0.157. The molecule has 18 heavy (non-hydrogen) atoms. The van der Waals surface area contributed by atoms with Gasteiger partial charge in [0.25, 0.3) is 0 Å². The first kappa shape index (κ1) is 14.3. The maximum Gasteiger partial charge on any atom is 0.221 e. The fourth-order valence-corrected chi connectivity index (χ4v) is 1.66. The number of benzene rings is 1. The Hall–Kier alpha value is -1.73. The average Bonchev–Trinajstić information content (AvgIpc) is 2.37. The van der Waals surface area contributed by atoms with E-state index >= 15 is 0 Å². The number of hydrogen-bond donors (Lipinski definition) is 1. The summed E-state index contributed by atoms with van der Waals surface area (Å²) in [6, 6.07) is 5.54. The highest BCUT2D eigenvalue weighted by molar-refractivity contribution is 6.31. The van der Waals surface area contributed by atoms with E-state index < -0.39 is 0 Å². The van der Waals surface area contributed by atoms with E-state index in [0.717, 1.165) is 11.1 Å². The number of methoxy groups -OCH3 is 1. The number of rotatable bonds is 5. The molecular weight excluding hydrogens is 252 g/mol. The summed E-state index contributed by atoms with van der Waals surface area (Å²) in [6.07, 6.45) is 0.427. The van der Waals surface area contributed by atoms with Crippen LogP contribution in [0.5, 0.6) is 5.75 Å². The molecule has 1 aromatic carbocycles. The minimum absolute atomic E-state index is 0.157. The van der Waals surface area contributed by atoms with E-state index in [2.05, 4.69) is 5.32 Å². The molecule has 0 aromatic heterocycles. The van der Waals surface area contributed by atoms with Crippen molar-refractivity contribution in [1.29, 1.82) is 5.26 Å². The van der Waals surface area contributed by atoms with Gasteiger partial charge in [-0.2, -0.15) is 5.26 Å². The number of halogens is 1. The topological polar surface area (TPSA) is 62.1 Å². The van der Waals surface area contributed by atoms with Gasteiger partial charge in [-0.05, 0) is 24.6 Å². The zero-order valence-corrected chi connectivity index (χ0v) is 11.2. The number of carbonyl (C=O) groups is 1. The Kier molecular flexibility index (Phi) is 5.47. The Balaban J connectivity index is 2.70. The molecule has 96 valence electrons. The summed E-state index contributed by atoms with van der Waals surface area (Å²) in [5.74, 6) is 0.535. The van der Waals surface area contributed by atoms with Crippen molar-refractivity contribution in [2.45, 2.75) is 26.3 Å². The molecule has 1 N–H and O–H groups in total. The zero-order chi connectivity index (χ0) is 13.5. The van der Waals surface area contributed by atoms with Gasteiger partial charge < -0.3 is 10.1 Å². The van der Waals surface area contributed by atoms with Gasteiger partial charge in [-0.1, -0.05) is 11.6 Å². The summed E-state index contributed by atoms with van der Waals surface area (Å²) in [5, 5.41) is 11.7. The molecule has 0 fully saturated rings. The van der Waals surface area contributed by atoms with Crippen LogP contribution in [0.3, 0.4) is 0 Å². The Morgan fingerprint density at radius 3 is 2.89 bits per heavy atom. The Labute approximate surface area is 112 Å². The smallest absolute Gasteiger partial charge is 0.221 e. The summed E-state index contributed by atoms with van der Waals surface area (Å²) in [4.78, 5) is 11.4. The van der Waals surface area contributed by atoms with Crippen LogP contribution in [0.25, 0.3) is 0 Å². The largest absolute Gasteiger partial charge is 0.496 e. The first-order valence-corrected chi connectivity index (χ1v) is 5.93. The van der Waals surface area contributed by atoms with Crippen molar-refractivity contribution in [3.8, 4) is 11.8 Å². The maximum atomic E-state index is 11.4. The summed E-state index contributed by atoms with van der Waals surface area (Å²) in [6.45, 7) is 2.23. The van der Waals surface area contributed by atoms with Crippen molar-refractivity contribution in [3.05, 3.63) is 28.3 Å². The Bertz CT molecular complexity index is 481. The molecule has 0 saturated carbocycles. The van der Waals surface area contributed by atoms with Crippen LogP contribution in [0.1, 0.15) is 24.0 Å². The molecule has 0 spiro atoms. The van der Waals surface area contributed by atoms with Crippen molar-refractivity contribution in [1.82, 2.24) is 5.32 Å². The molecule has 0 saturated heterocycles. The molecular formula is C13H15ClN2O2. The molecule has 1 amide bonds. The van der Waals surface area contributed by atoms with Gasteiger partial charge in [0.1, 0.15) is 5.75 Å². The van der Waals surface area contributed by atoms with Crippen LogP contribution in [-0.4, -0.2) is 13.0 Å². The van der Waals surface area contributed by atoms with Gasteiger partial charge in [-0.3, -0.25) is 4.79 Å². The second-order valence-corrected chi connectivity index (χ2v) is 4.26. The normalized spacial score (nSPS) is 9.67. The fourth-order valence-electron chi connectivity index (χ4n) is 1.48. The van der Waals surface area contributed by atoms with Crippen molar-refractivity contribution >= 4 is 17.5 Å². The van der Waals surface area contributed by atoms with Crippen LogP contribution in [0.15, 0.2) is 12.1 Å². The number of hydrogen-bond acceptors (Lipinski definition) is 3. The Morgan fingerprint density at radius 1 is 1.56 bits per heavy atom. The second kappa shape index (κ2) is 6.87. The molecule has 0 radical (unpaired) electrons. The third-order valence-corrected chi connectivity index (χ3v) is 2.91. The highest BCUT2D eigenvalue weighted by atomic mass is 35.5. The molecule has 0 aliphatic rings. The molecule has 0 atom stereocenters. The molecule has 1 rings (SSSR count). The second-order valence-electron chi connectivity index (χ2n) is 3.85. The first-order chi connectivity index (χ1) is 8.58. The SMILES string of the molecule is COc1cc(C)c(Cl)cc1CNC(=O)CCC#N. The summed E-state index contributed by atoms with van der Waals surface area (Å²) in [5.41, 5.74) is 1.74. The van der Waals surface area contributed by atoms with Crippen molar-refractivity contribution in [2.75, 3.05) is 7.11 Å². The molecule has 0 aliphatic carbocycles. The average molecular weight is 267 g/mol. The number of carbonyl (C=O) groups excluding carboxylic acids is 1. The zero-order valence-electron chi connectivity index (χ0n) is 10.4. The van der Waals surface area contributed by atoms with Crippen molar-refractivity contribution in [2.24, 2.45) is 0 Å². The quantitative estimate of drug-likeness (QED) is 0.891. The minimum Gasteiger partial charge on any atom is -0.496 e. The van der Waals surface area contributed by atoms with Crippen molar-refractivity contribution in [3.63, 3.8) is 0 Å². The highest BCUT2D eigenvalue weighted by Gasteiger charge is 2.08. The van der Waals surface area contributed by atoms with E-state index in [1.165, 1.54) is 0 Å². The Morgan fingerprint density at radius 2 is 2.28 bits per heavy atom. The lowest BCUT2D eigenvalue weighted by Crippen LogP contribution is -2.22. The predicted molar refractivity (Wildman–Crippen MR) is 69.4 cm³/mol. The summed E-state index contributed by atoms with van der Waals surface area (Å²) >= 11 is 6.03. The molecule has 0 bridgehead atoms. The number of amides is 1. The number of nitrogens with zero attached hydrogens (tertiary/aromatic N) is 1. The summed E-state index contributed by atoms with van der Waals surface area (Å²) in [7, 11) is 1.57. The van der Waals surface area contributed by atoms with Crippen LogP contribution in [-0.2, 0) is 11.3 Å². The van der Waals surface area contributed by atoms with Gasteiger partial charge >= 0.3 is 0 Å². The van der Waals surface area contributed by atoms with Gasteiger partial charge in [0.05, 0.1) is 13.2 Å². The third kappa shape index (κ3) is 3.94. The highest BCUT2D eigenvalue weighted by Crippen LogP contribution is 2.26. The van der Waals surface area contributed by atoms with Crippen LogP contribution >= 0.6 is 11.6 Å². The monoisotopic (exact) mass is 266 g/mol. The lowest BCUT2D eigenvalue weighted by molar-refractivity contribution is -0.121. The standard InChI is InChI=1S/C13H15ClN2O2/c1-9-6-12(18-2)10(7-11(9)14)8-16-13(17)4-3-5-15/h6-7H,3-4,8H2,1-2H3,(H,16,17). The van der Waals surface area contributed by atoms with E-state index in [1.54, 1.807) is 13.2 Å². The number of aryl methyl sites for hydroxylation is 1. The van der Waals surface area contributed by atoms with Crippen LogP contribution in [0, 0.1) is 18.3 Å². The molecule has 1 aromatic rings. The van der Waals surface area contributed by atoms with E-state index in [4.69, 9.17) is 21.6 Å².